The molecule has 2 aromatic heterocycles. The van der Waals surface area contributed by atoms with Crippen LogP contribution in [0.1, 0.15) is 45.9 Å². The monoisotopic (exact) mass is 449 g/mol. The van der Waals surface area contributed by atoms with Crippen molar-refractivity contribution in [1.82, 2.24) is 14.5 Å². The molecule has 0 aliphatic carbocycles. The smallest absolute Gasteiger partial charge is 0.264 e. The minimum absolute atomic E-state index is 0.0214. The van der Waals surface area contributed by atoms with Gasteiger partial charge in [-0.15, -0.1) is 11.3 Å². The zero-order valence-corrected chi connectivity index (χ0v) is 18.6. The number of fused-ring (bicyclic) bond motifs is 2. The number of nitrogens with zero attached hydrogens (tertiary/aromatic N) is 3. The minimum Gasteiger partial charge on any atom is -0.337 e. The van der Waals surface area contributed by atoms with Gasteiger partial charge in [0.05, 0.1) is 20.3 Å². The summed E-state index contributed by atoms with van der Waals surface area (Å²) in [6, 6.07) is 5.33. The molecule has 3 aromatic rings. The lowest BCUT2D eigenvalue weighted by Gasteiger charge is -2.17. The van der Waals surface area contributed by atoms with E-state index in [0.29, 0.717) is 43.8 Å². The first-order valence-electron chi connectivity index (χ1n) is 9.59. The molecule has 0 N–H and O–H groups in total. The van der Waals surface area contributed by atoms with Crippen molar-refractivity contribution in [1.29, 1.82) is 0 Å². The van der Waals surface area contributed by atoms with Crippen LogP contribution < -0.4 is 5.56 Å². The SMILES string of the molecule is Cc1c(C(=O)N(C)Cc2ccc(Cl)c(Cl)c2)sc2nc3n(c(=O)c12)CCCCC3. The maximum absolute atomic E-state index is 13.1. The largest absolute Gasteiger partial charge is 0.337 e. The summed E-state index contributed by atoms with van der Waals surface area (Å²) in [6.45, 7) is 2.94. The van der Waals surface area contributed by atoms with Crippen molar-refractivity contribution in [2.75, 3.05) is 7.05 Å². The van der Waals surface area contributed by atoms with Gasteiger partial charge in [0, 0.05) is 26.6 Å². The number of amides is 1. The third-order valence-electron chi connectivity index (χ3n) is 5.36. The molecule has 0 bridgehead atoms. The lowest BCUT2D eigenvalue weighted by atomic mass is 10.1. The van der Waals surface area contributed by atoms with Crippen molar-refractivity contribution in [3.8, 4) is 0 Å². The number of thiophene rings is 1. The number of carbonyl (C=O) groups is 1. The predicted octanol–water partition coefficient (Wildman–Crippen LogP) is 5.07. The van der Waals surface area contributed by atoms with Crippen LogP contribution in [-0.2, 0) is 19.5 Å². The van der Waals surface area contributed by atoms with E-state index >= 15 is 0 Å². The Balaban J connectivity index is 1.69. The molecule has 1 aliphatic heterocycles. The highest BCUT2D eigenvalue weighted by Gasteiger charge is 2.24. The molecular weight excluding hydrogens is 429 g/mol. The van der Waals surface area contributed by atoms with Crippen LogP contribution in [0.15, 0.2) is 23.0 Å². The van der Waals surface area contributed by atoms with Gasteiger partial charge in [-0.25, -0.2) is 4.98 Å². The quantitative estimate of drug-likeness (QED) is 0.560. The molecule has 29 heavy (non-hydrogen) atoms. The van der Waals surface area contributed by atoms with Gasteiger partial charge in [-0.1, -0.05) is 35.7 Å². The third kappa shape index (κ3) is 3.81. The van der Waals surface area contributed by atoms with Gasteiger partial charge >= 0.3 is 0 Å². The maximum Gasteiger partial charge on any atom is 0.264 e. The highest BCUT2D eigenvalue weighted by molar-refractivity contribution is 7.20. The number of rotatable bonds is 3. The molecule has 0 fully saturated rings. The molecule has 8 heteroatoms. The first-order chi connectivity index (χ1) is 13.9. The van der Waals surface area contributed by atoms with Gasteiger partial charge in [0.25, 0.3) is 11.5 Å². The van der Waals surface area contributed by atoms with E-state index < -0.39 is 0 Å². The van der Waals surface area contributed by atoms with Gasteiger partial charge in [-0.05, 0) is 43.0 Å². The summed E-state index contributed by atoms with van der Waals surface area (Å²) in [5, 5.41) is 1.52. The number of aryl methyl sites for hydroxylation is 2. The Hall–Kier alpha value is -1.89. The molecule has 1 aliphatic rings. The minimum atomic E-state index is -0.129. The van der Waals surface area contributed by atoms with Gasteiger partial charge in [0.15, 0.2) is 0 Å². The number of aromatic nitrogens is 2. The summed E-state index contributed by atoms with van der Waals surface area (Å²) in [5.41, 5.74) is 1.58. The molecule has 152 valence electrons. The van der Waals surface area contributed by atoms with Gasteiger partial charge in [0.1, 0.15) is 10.7 Å². The average Bonchev–Trinajstić information content (AvgIpc) is 2.86. The lowest BCUT2D eigenvalue weighted by Crippen LogP contribution is -2.26. The average molecular weight is 450 g/mol. The zero-order chi connectivity index (χ0) is 20.7. The van der Waals surface area contributed by atoms with E-state index in [0.717, 1.165) is 37.1 Å². The molecule has 0 spiro atoms. The van der Waals surface area contributed by atoms with Crippen LogP contribution in [0.25, 0.3) is 10.2 Å². The van der Waals surface area contributed by atoms with Gasteiger partial charge in [-0.3, -0.25) is 14.2 Å². The van der Waals surface area contributed by atoms with E-state index in [2.05, 4.69) is 0 Å². The number of hydrogen-bond acceptors (Lipinski definition) is 4. The third-order valence-corrected chi connectivity index (χ3v) is 7.27. The number of halogens is 2. The predicted molar refractivity (Wildman–Crippen MR) is 118 cm³/mol. The Bertz CT molecular complexity index is 1170. The highest BCUT2D eigenvalue weighted by atomic mass is 35.5. The maximum atomic E-state index is 13.1. The first kappa shape index (κ1) is 20.4. The van der Waals surface area contributed by atoms with E-state index in [1.807, 2.05) is 13.0 Å². The Morgan fingerprint density at radius 3 is 2.79 bits per heavy atom. The van der Waals surface area contributed by atoms with Crippen LogP contribution in [-0.4, -0.2) is 27.4 Å². The highest BCUT2D eigenvalue weighted by Crippen LogP contribution is 2.30. The fourth-order valence-electron chi connectivity index (χ4n) is 3.77. The number of hydrogen-bond donors (Lipinski definition) is 0. The van der Waals surface area contributed by atoms with Crippen LogP contribution in [0.5, 0.6) is 0 Å². The molecule has 1 aromatic carbocycles. The van der Waals surface area contributed by atoms with E-state index in [1.165, 1.54) is 11.3 Å². The van der Waals surface area contributed by atoms with Crippen LogP contribution >= 0.6 is 34.5 Å². The summed E-state index contributed by atoms with van der Waals surface area (Å²) in [6.07, 6.45) is 3.95. The second-order valence-corrected chi connectivity index (χ2v) is 9.25. The Morgan fingerprint density at radius 1 is 1.24 bits per heavy atom. The molecule has 0 radical (unpaired) electrons. The van der Waals surface area contributed by atoms with Gasteiger partial charge in [-0.2, -0.15) is 0 Å². The summed E-state index contributed by atoms with van der Waals surface area (Å²) < 4.78 is 1.79. The van der Waals surface area contributed by atoms with E-state index in [9.17, 15) is 9.59 Å². The second kappa shape index (κ2) is 8.09. The van der Waals surface area contributed by atoms with Crippen molar-refractivity contribution in [2.45, 2.75) is 45.7 Å². The van der Waals surface area contributed by atoms with Crippen LogP contribution in [0.4, 0.5) is 0 Å². The summed E-state index contributed by atoms with van der Waals surface area (Å²) in [7, 11) is 1.74. The molecule has 0 atom stereocenters. The molecule has 0 unspecified atom stereocenters. The van der Waals surface area contributed by atoms with Gasteiger partial charge in [0.2, 0.25) is 0 Å². The molecule has 3 heterocycles. The van der Waals surface area contributed by atoms with Crippen molar-refractivity contribution >= 4 is 50.7 Å². The molecule has 5 nitrogen and oxygen atoms in total. The summed E-state index contributed by atoms with van der Waals surface area (Å²) >= 11 is 13.4. The Kier molecular flexibility index (Phi) is 5.69. The van der Waals surface area contributed by atoms with Crippen LogP contribution in [0, 0.1) is 6.92 Å². The standard InChI is InChI=1S/C21H21Cl2N3O2S/c1-12-17-19(24-16-6-4-3-5-9-26(16)20(17)27)29-18(12)21(28)25(2)11-13-7-8-14(22)15(23)10-13/h7-8,10H,3-6,9,11H2,1-2H3. The van der Waals surface area contributed by atoms with Crippen LogP contribution in [0.3, 0.4) is 0 Å². The number of benzene rings is 1. The first-order valence-corrected chi connectivity index (χ1v) is 11.2. The second-order valence-electron chi connectivity index (χ2n) is 7.44. The molecule has 1 amide bonds. The molecule has 0 saturated carbocycles. The van der Waals surface area contributed by atoms with Crippen molar-refractivity contribution in [3.63, 3.8) is 0 Å². The lowest BCUT2D eigenvalue weighted by molar-refractivity contribution is 0.0789. The van der Waals surface area contributed by atoms with Crippen molar-refractivity contribution in [3.05, 3.63) is 60.4 Å². The normalized spacial score (nSPS) is 13.9. The molecular formula is C21H21Cl2N3O2S. The zero-order valence-electron chi connectivity index (χ0n) is 16.3. The number of carbonyl (C=O) groups excluding carboxylic acids is 1. The van der Waals surface area contributed by atoms with E-state index in [4.69, 9.17) is 28.2 Å². The van der Waals surface area contributed by atoms with E-state index in [-0.39, 0.29) is 11.5 Å². The fraction of sp³-hybridized carbons (Fsp3) is 0.381. The Morgan fingerprint density at radius 2 is 2.03 bits per heavy atom. The summed E-state index contributed by atoms with van der Waals surface area (Å²) in [4.78, 5) is 33.8. The summed E-state index contributed by atoms with van der Waals surface area (Å²) in [5.74, 6) is 0.709. The van der Waals surface area contributed by atoms with E-state index in [1.54, 1.807) is 28.6 Å². The van der Waals surface area contributed by atoms with Crippen molar-refractivity contribution in [2.24, 2.45) is 0 Å². The van der Waals surface area contributed by atoms with Crippen LogP contribution in [0.2, 0.25) is 10.0 Å². The Labute approximate surface area is 182 Å². The molecule has 0 saturated heterocycles. The topological polar surface area (TPSA) is 55.2 Å². The molecule has 4 rings (SSSR count). The van der Waals surface area contributed by atoms with Crippen molar-refractivity contribution < 1.29 is 4.79 Å². The fourth-order valence-corrected chi connectivity index (χ4v) is 5.28. The van der Waals surface area contributed by atoms with Gasteiger partial charge < -0.3 is 4.90 Å².